The van der Waals surface area contributed by atoms with E-state index in [-0.39, 0.29) is 0 Å². The summed E-state index contributed by atoms with van der Waals surface area (Å²) in [5.41, 5.74) is 1.11. The van der Waals surface area contributed by atoms with Crippen LogP contribution < -0.4 is 0 Å². The predicted octanol–water partition coefficient (Wildman–Crippen LogP) is 10.3. The summed E-state index contributed by atoms with van der Waals surface area (Å²) in [6.07, 6.45) is 13.3. The SMILES string of the molecule is CCO[Si](CCCCCCCCCCCCSSSSc1nc2ccccc2s1)(OCC)OCC. The summed E-state index contributed by atoms with van der Waals surface area (Å²) >= 11 is 1.78. The minimum absolute atomic E-state index is 0.673. The molecule has 0 atom stereocenters. The van der Waals surface area contributed by atoms with Crippen LogP contribution in [0.1, 0.15) is 85.0 Å². The maximum absolute atomic E-state index is 5.95. The van der Waals surface area contributed by atoms with Gasteiger partial charge in [-0.05, 0) is 76.2 Å². The van der Waals surface area contributed by atoms with Gasteiger partial charge in [-0.1, -0.05) is 74.3 Å². The molecule has 35 heavy (non-hydrogen) atoms. The molecule has 0 aliphatic carbocycles. The number of hydrogen-bond acceptors (Lipinski definition) is 9. The van der Waals surface area contributed by atoms with Gasteiger partial charge >= 0.3 is 8.80 Å². The van der Waals surface area contributed by atoms with Crippen LogP contribution in [-0.2, 0) is 13.3 Å². The van der Waals surface area contributed by atoms with Crippen LogP contribution in [0.2, 0.25) is 6.04 Å². The van der Waals surface area contributed by atoms with Crippen LogP contribution in [0.3, 0.4) is 0 Å². The number of para-hydroxylation sites is 1. The van der Waals surface area contributed by atoms with Gasteiger partial charge < -0.3 is 13.3 Å². The Hall–Kier alpha value is 0.607. The van der Waals surface area contributed by atoms with Gasteiger partial charge in [0, 0.05) is 31.6 Å². The largest absolute Gasteiger partial charge is 0.500 e. The molecule has 0 amide bonds. The van der Waals surface area contributed by atoms with Crippen LogP contribution >= 0.6 is 52.6 Å². The van der Waals surface area contributed by atoms with E-state index >= 15 is 0 Å². The normalized spacial score (nSPS) is 12.1. The van der Waals surface area contributed by atoms with Gasteiger partial charge in [0.25, 0.3) is 0 Å². The number of benzene rings is 1. The van der Waals surface area contributed by atoms with Crippen LogP contribution in [0.15, 0.2) is 28.6 Å². The third kappa shape index (κ3) is 13.8. The second kappa shape index (κ2) is 20.6. The maximum atomic E-state index is 5.95. The molecule has 0 saturated carbocycles. The van der Waals surface area contributed by atoms with E-state index in [2.05, 4.69) is 29.2 Å². The molecule has 4 nitrogen and oxygen atoms in total. The van der Waals surface area contributed by atoms with Gasteiger partial charge in [0.05, 0.1) is 10.2 Å². The number of hydrogen-bond donors (Lipinski definition) is 0. The maximum Gasteiger partial charge on any atom is 0.500 e. The average molecular weight is 594 g/mol. The lowest BCUT2D eigenvalue weighted by molar-refractivity contribution is 0.0706. The second-order valence-electron chi connectivity index (χ2n) is 8.26. The zero-order valence-corrected chi connectivity index (χ0v) is 26.7. The second-order valence-corrected chi connectivity index (χ2v) is 18.2. The molecule has 0 bridgehead atoms. The summed E-state index contributed by atoms with van der Waals surface area (Å²) < 4.78 is 20.3. The molecule has 2 aromatic rings. The van der Waals surface area contributed by atoms with E-state index in [1.165, 1.54) is 68.2 Å². The molecule has 0 spiro atoms. The molecule has 2 rings (SSSR count). The van der Waals surface area contributed by atoms with E-state index < -0.39 is 8.80 Å². The number of thiazole rings is 1. The van der Waals surface area contributed by atoms with Crippen LogP contribution in [0.4, 0.5) is 0 Å². The van der Waals surface area contributed by atoms with E-state index in [4.69, 9.17) is 13.3 Å². The Bertz CT molecular complexity index is 732. The van der Waals surface area contributed by atoms with Crippen LogP contribution in [0.25, 0.3) is 10.2 Å². The molecule has 0 aliphatic heterocycles. The highest BCUT2D eigenvalue weighted by Crippen LogP contribution is 2.48. The van der Waals surface area contributed by atoms with Gasteiger partial charge in [-0.15, -0.1) is 11.3 Å². The molecule has 200 valence electrons. The Balaban J connectivity index is 1.35. The molecule has 0 saturated heterocycles. The smallest absolute Gasteiger partial charge is 0.374 e. The third-order valence-corrected chi connectivity index (χ3v) is 16.3. The van der Waals surface area contributed by atoms with Crippen LogP contribution in [0.5, 0.6) is 0 Å². The Morgan fingerprint density at radius 3 is 1.91 bits per heavy atom. The van der Waals surface area contributed by atoms with E-state index in [9.17, 15) is 0 Å². The molecular weight excluding hydrogens is 551 g/mol. The first-order valence-corrected chi connectivity index (χ1v) is 20.9. The zero-order chi connectivity index (χ0) is 25.0. The van der Waals surface area contributed by atoms with Crippen LogP contribution in [0, 0.1) is 0 Å². The monoisotopic (exact) mass is 593 g/mol. The van der Waals surface area contributed by atoms with Crippen LogP contribution in [-0.4, -0.2) is 39.4 Å². The number of nitrogens with zero attached hydrogens (tertiary/aromatic N) is 1. The van der Waals surface area contributed by atoms with Gasteiger partial charge in [0.15, 0.2) is 4.34 Å². The first-order valence-electron chi connectivity index (χ1n) is 13.1. The average Bonchev–Trinajstić information content (AvgIpc) is 3.27. The molecule has 0 radical (unpaired) electrons. The highest BCUT2D eigenvalue weighted by atomic mass is 33.7. The molecule has 1 aromatic heterocycles. The van der Waals surface area contributed by atoms with Crippen molar-refractivity contribution in [3.8, 4) is 0 Å². The number of rotatable bonds is 23. The van der Waals surface area contributed by atoms with E-state index in [1.54, 1.807) is 22.1 Å². The fourth-order valence-electron chi connectivity index (χ4n) is 3.90. The molecule has 1 heterocycles. The Morgan fingerprint density at radius 1 is 0.743 bits per heavy atom. The molecular formula is C25H43NO3S5Si. The Kier molecular flexibility index (Phi) is 18.7. The van der Waals surface area contributed by atoms with E-state index in [1.807, 2.05) is 51.2 Å². The van der Waals surface area contributed by atoms with Gasteiger partial charge in [0.1, 0.15) is 0 Å². The topological polar surface area (TPSA) is 40.6 Å². The minimum atomic E-state index is -2.43. The number of fused-ring (bicyclic) bond motifs is 1. The molecule has 10 heteroatoms. The summed E-state index contributed by atoms with van der Waals surface area (Å²) in [5.74, 6) is 1.24. The van der Waals surface area contributed by atoms with E-state index in [0.29, 0.717) is 19.8 Å². The minimum Gasteiger partial charge on any atom is -0.374 e. The molecule has 1 aromatic carbocycles. The quantitative estimate of drug-likeness (QED) is 0.0716. The standard InChI is InChI=1S/C25H43NO3S5Si/c1-4-27-35(28-5-2,29-6-3)22-18-14-12-10-8-7-9-11-13-17-21-30-33-34-32-25-26-23-19-15-16-20-24(23)31-25/h15-16,19-20H,4-14,17-18,21-22H2,1-3H3. The Morgan fingerprint density at radius 2 is 1.31 bits per heavy atom. The first kappa shape index (κ1) is 31.8. The highest BCUT2D eigenvalue weighted by molar-refractivity contribution is 9.26. The first-order chi connectivity index (χ1) is 17.2. The van der Waals surface area contributed by atoms with Crippen molar-refractivity contribution in [2.45, 2.75) is 95.4 Å². The molecule has 0 aliphatic rings. The molecule has 0 N–H and O–H groups in total. The van der Waals surface area contributed by atoms with Crippen molar-refractivity contribution in [2.24, 2.45) is 0 Å². The lowest BCUT2D eigenvalue weighted by Gasteiger charge is -2.28. The summed E-state index contributed by atoms with van der Waals surface area (Å²) in [4.78, 5) is 4.67. The van der Waals surface area contributed by atoms with Crippen molar-refractivity contribution in [3.63, 3.8) is 0 Å². The Labute approximate surface area is 233 Å². The number of unbranched alkanes of at least 4 members (excludes halogenated alkanes) is 9. The summed E-state index contributed by atoms with van der Waals surface area (Å²) in [5, 5.41) is 0. The van der Waals surface area contributed by atoms with Crippen molar-refractivity contribution in [2.75, 3.05) is 25.6 Å². The highest BCUT2D eigenvalue weighted by Gasteiger charge is 2.39. The fourth-order valence-corrected chi connectivity index (χ4v) is 14.0. The van der Waals surface area contributed by atoms with Crippen molar-refractivity contribution in [3.05, 3.63) is 24.3 Å². The predicted molar refractivity (Wildman–Crippen MR) is 165 cm³/mol. The third-order valence-electron chi connectivity index (χ3n) is 5.51. The summed E-state index contributed by atoms with van der Waals surface area (Å²) in [6, 6.07) is 9.33. The molecule has 0 unspecified atom stereocenters. The van der Waals surface area contributed by atoms with Gasteiger partial charge in [0.2, 0.25) is 0 Å². The molecule has 0 fully saturated rings. The summed E-state index contributed by atoms with van der Waals surface area (Å²) in [6.45, 7) is 8.11. The van der Waals surface area contributed by atoms with Crippen molar-refractivity contribution >= 4 is 71.6 Å². The lowest BCUT2D eigenvalue weighted by Crippen LogP contribution is -2.45. The lowest BCUT2D eigenvalue weighted by atomic mass is 10.1. The van der Waals surface area contributed by atoms with Crippen molar-refractivity contribution in [1.29, 1.82) is 0 Å². The van der Waals surface area contributed by atoms with E-state index in [0.717, 1.165) is 22.3 Å². The van der Waals surface area contributed by atoms with Gasteiger partial charge in [-0.2, -0.15) is 0 Å². The fraction of sp³-hybridized carbons (Fsp3) is 0.720. The zero-order valence-electron chi connectivity index (χ0n) is 21.6. The van der Waals surface area contributed by atoms with Gasteiger partial charge in [-0.25, -0.2) is 4.98 Å². The van der Waals surface area contributed by atoms with Gasteiger partial charge in [-0.3, -0.25) is 0 Å². The van der Waals surface area contributed by atoms with Crippen molar-refractivity contribution < 1.29 is 13.3 Å². The van der Waals surface area contributed by atoms with Crippen molar-refractivity contribution in [1.82, 2.24) is 4.98 Å². The number of aromatic nitrogens is 1. The summed E-state index contributed by atoms with van der Waals surface area (Å²) in [7, 11) is 5.07.